The van der Waals surface area contributed by atoms with Crippen LogP contribution >= 0.6 is 0 Å². The SMILES string of the molecule is CN(C(=O)CN1CCC(C(O)C(F)(F)F)CC1)C1CC1. The molecule has 7 heteroatoms. The summed E-state index contributed by atoms with van der Waals surface area (Å²) in [5.41, 5.74) is 0. The Hall–Kier alpha value is -0.820. The van der Waals surface area contributed by atoms with Crippen LogP contribution in [0.2, 0.25) is 0 Å². The van der Waals surface area contributed by atoms with Crippen LogP contribution in [0.1, 0.15) is 25.7 Å². The van der Waals surface area contributed by atoms with Crippen LogP contribution in [-0.2, 0) is 4.79 Å². The Labute approximate surface area is 116 Å². The number of likely N-dealkylation sites (N-methyl/N-ethyl adjacent to an activating group) is 1. The van der Waals surface area contributed by atoms with Gasteiger partial charge in [0.15, 0.2) is 6.10 Å². The fourth-order valence-corrected chi connectivity index (χ4v) is 2.66. The highest BCUT2D eigenvalue weighted by molar-refractivity contribution is 5.78. The third-order valence-electron chi connectivity index (χ3n) is 4.26. The number of amides is 1. The van der Waals surface area contributed by atoms with Crippen LogP contribution in [0.25, 0.3) is 0 Å². The van der Waals surface area contributed by atoms with Crippen molar-refractivity contribution in [2.24, 2.45) is 5.92 Å². The highest BCUT2D eigenvalue weighted by Gasteiger charge is 2.44. The number of nitrogens with zero attached hydrogens (tertiary/aromatic N) is 2. The second-order valence-corrected chi connectivity index (χ2v) is 5.84. The molecule has 1 amide bonds. The molecule has 116 valence electrons. The topological polar surface area (TPSA) is 43.8 Å². The minimum absolute atomic E-state index is 0.0299. The average Bonchev–Trinajstić information content (AvgIpc) is 3.21. The van der Waals surface area contributed by atoms with Gasteiger partial charge in [0.2, 0.25) is 5.91 Å². The van der Waals surface area contributed by atoms with Crippen LogP contribution in [0.15, 0.2) is 0 Å². The van der Waals surface area contributed by atoms with Crippen molar-refractivity contribution in [3.8, 4) is 0 Å². The quantitative estimate of drug-likeness (QED) is 0.848. The van der Waals surface area contributed by atoms with Crippen LogP contribution in [0.4, 0.5) is 13.2 Å². The Balaban J connectivity index is 1.75. The van der Waals surface area contributed by atoms with Crippen LogP contribution in [0.3, 0.4) is 0 Å². The molecule has 2 fully saturated rings. The third kappa shape index (κ3) is 3.85. The van der Waals surface area contributed by atoms with Gasteiger partial charge in [0.05, 0.1) is 6.54 Å². The maximum atomic E-state index is 12.4. The van der Waals surface area contributed by atoms with Gasteiger partial charge in [0, 0.05) is 13.1 Å². The number of piperidine rings is 1. The van der Waals surface area contributed by atoms with E-state index in [9.17, 15) is 23.1 Å². The van der Waals surface area contributed by atoms with Gasteiger partial charge in [0.25, 0.3) is 0 Å². The van der Waals surface area contributed by atoms with Gasteiger partial charge in [-0.2, -0.15) is 13.2 Å². The van der Waals surface area contributed by atoms with E-state index in [1.807, 2.05) is 4.90 Å². The van der Waals surface area contributed by atoms with Gasteiger partial charge in [-0.25, -0.2) is 0 Å². The molecule has 1 atom stereocenters. The summed E-state index contributed by atoms with van der Waals surface area (Å²) < 4.78 is 37.3. The molecule has 1 heterocycles. The predicted octanol–water partition coefficient (Wildman–Crippen LogP) is 1.24. The first-order valence-corrected chi connectivity index (χ1v) is 7.02. The van der Waals surface area contributed by atoms with Crippen molar-refractivity contribution in [1.82, 2.24) is 9.80 Å². The Kier molecular flexibility index (Phi) is 4.59. The summed E-state index contributed by atoms with van der Waals surface area (Å²) in [6.07, 6.45) is -4.14. The molecule has 4 nitrogen and oxygen atoms in total. The van der Waals surface area contributed by atoms with E-state index >= 15 is 0 Å². The van der Waals surface area contributed by atoms with Crippen LogP contribution in [0, 0.1) is 5.92 Å². The molecule has 1 aliphatic heterocycles. The molecular weight excluding hydrogens is 273 g/mol. The Morgan fingerprint density at radius 3 is 2.30 bits per heavy atom. The highest BCUT2D eigenvalue weighted by Crippen LogP contribution is 2.31. The zero-order chi connectivity index (χ0) is 14.9. The summed E-state index contributed by atoms with van der Waals surface area (Å²) in [5.74, 6) is -0.718. The first kappa shape index (κ1) is 15.6. The van der Waals surface area contributed by atoms with E-state index in [4.69, 9.17) is 0 Å². The maximum absolute atomic E-state index is 12.4. The number of likely N-dealkylation sites (tertiary alicyclic amines) is 1. The lowest BCUT2D eigenvalue weighted by molar-refractivity contribution is -0.223. The monoisotopic (exact) mass is 294 g/mol. The standard InChI is InChI=1S/C13H21F3N2O2/c1-17(10-2-3-10)11(19)8-18-6-4-9(5-7-18)12(20)13(14,15)16/h9-10,12,20H,2-8H2,1H3. The lowest BCUT2D eigenvalue weighted by Crippen LogP contribution is -2.46. The molecule has 0 spiro atoms. The summed E-state index contributed by atoms with van der Waals surface area (Å²) in [6, 6.07) is 0.354. The van der Waals surface area contributed by atoms with Crippen molar-refractivity contribution in [3.05, 3.63) is 0 Å². The number of hydrogen-bond acceptors (Lipinski definition) is 3. The van der Waals surface area contributed by atoms with Crippen LogP contribution in [0.5, 0.6) is 0 Å². The first-order valence-electron chi connectivity index (χ1n) is 7.02. The number of aliphatic hydroxyl groups is 1. The summed E-state index contributed by atoms with van der Waals surface area (Å²) in [5, 5.41) is 9.23. The van der Waals surface area contributed by atoms with E-state index in [0.717, 1.165) is 12.8 Å². The van der Waals surface area contributed by atoms with Crippen molar-refractivity contribution >= 4 is 5.91 Å². The lowest BCUT2D eigenvalue weighted by Gasteiger charge is -2.35. The first-order chi connectivity index (χ1) is 9.29. The van der Waals surface area contributed by atoms with Gasteiger partial charge in [-0.05, 0) is 44.7 Å². The molecule has 1 saturated carbocycles. The number of hydrogen-bond donors (Lipinski definition) is 1. The maximum Gasteiger partial charge on any atom is 0.414 e. The van der Waals surface area contributed by atoms with Gasteiger partial charge >= 0.3 is 6.18 Å². The molecule has 1 aliphatic carbocycles. The van der Waals surface area contributed by atoms with Crippen molar-refractivity contribution in [3.63, 3.8) is 0 Å². The minimum atomic E-state index is -4.55. The molecule has 0 bridgehead atoms. The van der Waals surface area contributed by atoms with Gasteiger partial charge < -0.3 is 10.0 Å². The van der Waals surface area contributed by atoms with E-state index in [1.54, 1.807) is 11.9 Å². The van der Waals surface area contributed by atoms with Crippen LogP contribution in [-0.4, -0.2) is 65.8 Å². The minimum Gasteiger partial charge on any atom is -0.383 e. The molecule has 1 saturated heterocycles. The highest BCUT2D eigenvalue weighted by atomic mass is 19.4. The Bertz CT molecular complexity index is 350. The summed E-state index contributed by atoms with van der Waals surface area (Å²) >= 11 is 0. The largest absolute Gasteiger partial charge is 0.414 e. The van der Waals surface area contributed by atoms with Crippen LogP contribution < -0.4 is 0 Å². The van der Waals surface area contributed by atoms with E-state index < -0.39 is 18.2 Å². The Morgan fingerprint density at radius 2 is 1.85 bits per heavy atom. The summed E-state index contributed by atoms with van der Waals surface area (Å²) in [7, 11) is 1.78. The molecule has 20 heavy (non-hydrogen) atoms. The van der Waals surface area contributed by atoms with E-state index in [0.29, 0.717) is 19.1 Å². The lowest BCUT2D eigenvalue weighted by atomic mass is 9.91. The molecule has 2 aliphatic rings. The number of carbonyl (C=O) groups excluding carboxylic acids is 1. The van der Waals surface area contributed by atoms with Crippen molar-refractivity contribution in [1.29, 1.82) is 0 Å². The second kappa shape index (κ2) is 5.89. The molecule has 0 radical (unpaired) electrons. The van der Waals surface area contributed by atoms with Gasteiger partial charge in [-0.3, -0.25) is 9.69 Å². The number of alkyl halides is 3. The zero-order valence-electron chi connectivity index (χ0n) is 11.6. The molecule has 0 aromatic carbocycles. The van der Waals surface area contributed by atoms with E-state index in [-0.39, 0.29) is 25.3 Å². The summed E-state index contributed by atoms with van der Waals surface area (Å²) in [4.78, 5) is 15.5. The zero-order valence-corrected chi connectivity index (χ0v) is 11.6. The number of carbonyl (C=O) groups is 1. The van der Waals surface area contributed by atoms with Crippen molar-refractivity contribution in [2.75, 3.05) is 26.7 Å². The van der Waals surface area contributed by atoms with Crippen molar-refractivity contribution < 1.29 is 23.1 Å². The third-order valence-corrected chi connectivity index (χ3v) is 4.26. The van der Waals surface area contributed by atoms with Gasteiger partial charge in [-0.1, -0.05) is 0 Å². The molecule has 0 aromatic heterocycles. The smallest absolute Gasteiger partial charge is 0.383 e. The van der Waals surface area contributed by atoms with E-state index in [1.165, 1.54) is 0 Å². The van der Waals surface area contributed by atoms with Crippen molar-refractivity contribution in [2.45, 2.75) is 44.0 Å². The molecule has 1 unspecified atom stereocenters. The van der Waals surface area contributed by atoms with Gasteiger partial charge in [-0.15, -0.1) is 0 Å². The number of aliphatic hydroxyl groups excluding tert-OH is 1. The van der Waals surface area contributed by atoms with E-state index in [2.05, 4.69) is 0 Å². The molecular formula is C13H21F3N2O2. The fourth-order valence-electron chi connectivity index (χ4n) is 2.66. The fraction of sp³-hybridized carbons (Fsp3) is 0.923. The average molecular weight is 294 g/mol. The predicted molar refractivity (Wildman–Crippen MR) is 67.0 cm³/mol. The molecule has 2 rings (SSSR count). The normalized spacial score (nSPS) is 23.6. The molecule has 0 aromatic rings. The second-order valence-electron chi connectivity index (χ2n) is 5.84. The number of rotatable bonds is 4. The number of halogens is 3. The summed E-state index contributed by atoms with van der Waals surface area (Å²) in [6.45, 7) is 1.13. The van der Waals surface area contributed by atoms with Gasteiger partial charge in [0.1, 0.15) is 0 Å². The Morgan fingerprint density at radius 1 is 1.30 bits per heavy atom. The molecule has 1 N–H and O–H groups in total.